The fourth-order valence-electron chi connectivity index (χ4n) is 4.61. The van der Waals surface area contributed by atoms with E-state index in [2.05, 4.69) is 37.6 Å². The zero-order valence-electron chi connectivity index (χ0n) is 19.3. The molecule has 4 N–H and O–H groups in total. The standard InChI is InChI=1S/C25H31N7O2/c26-24(33)20-13-21(18-6-4-17(5-7-18)15-32-9-11-34-12-10-32)31-23-22(20)28-16-29-25(23)30-19-3-1-2-8-27-14-19/h4-7,13,16,19,27H,1-3,8-12,14-15H2,(H2,26,33)(H,28,29,30)/t19-/m1/s1. The van der Waals surface area contributed by atoms with E-state index >= 15 is 0 Å². The van der Waals surface area contributed by atoms with Gasteiger partial charge in [-0.05, 0) is 31.0 Å². The zero-order valence-corrected chi connectivity index (χ0v) is 19.3. The second-order valence-electron chi connectivity index (χ2n) is 8.97. The minimum Gasteiger partial charge on any atom is -0.379 e. The van der Waals surface area contributed by atoms with E-state index in [0.29, 0.717) is 28.1 Å². The van der Waals surface area contributed by atoms with Crippen molar-refractivity contribution in [2.45, 2.75) is 31.8 Å². The van der Waals surface area contributed by atoms with Gasteiger partial charge in [0, 0.05) is 37.8 Å². The molecule has 1 amide bonds. The molecule has 0 bridgehead atoms. The van der Waals surface area contributed by atoms with Crippen LogP contribution in [0.4, 0.5) is 5.82 Å². The number of nitrogens with two attached hydrogens (primary N) is 1. The van der Waals surface area contributed by atoms with E-state index in [0.717, 1.165) is 64.3 Å². The van der Waals surface area contributed by atoms with Crippen LogP contribution in [0.5, 0.6) is 0 Å². The van der Waals surface area contributed by atoms with E-state index in [1.807, 2.05) is 12.1 Å². The second kappa shape index (κ2) is 10.4. The predicted octanol–water partition coefficient (Wildman–Crippen LogP) is 2.18. The van der Waals surface area contributed by atoms with Crippen molar-refractivity contribution in [3.05, 3.63) is 47.8 Å². The van der Waals surface area contributed by atoms with Crippen molar-refractivity contribution in [1.82, 2.24) is 25.2 Å². The second-order valence-corrected chi connectivity index (χ2v) is 8.97. The average Bonchev–Trinajstić information content (AvgIpc) is 3.13. The first-order valence-electron chi connectivity index (χ1n) is 12.0. The van der Waals surface area contributed by atoms with Gasteiger partial charge in [-0.2, -0.15) is 0 Å². The van der Waals surface area contributed by atoms with Gasteiger partial charge in [0.15, 0.2) is 5.82 Å². The number of ether oxygens (including phenoxy) is 1. The summed E-state index contributed by atoms with van der Waals surface area (Å²) in [7, 11) is 0. The third-order valence-electron chi connectivity index (χ3n) is 6.50. The van der Waals surface area contributed by atoms with E-state index in [-0.39, 0.29) is 6.04 Å². The Labute approximate surface area is 199 Å². The maximum atomic E-state index is 12.3. The number of aromatic nitrogens is 3. The molecule has 178 valence electrons. The van der Waals surface area contributed by atoms with Crippen molar-refractivity contribution in [2.75, 3.05) is 44.7 Å². The number of carbonyl (C=O) groups is 1. The molecule has 9 nitrogen and oxygen atoms in total. The smallest absolute Gasteiger partial charge is 0.251 e. The number of morpholine rings is 1. The van der Waals surface area contributed by atoms with Crippen molar-refractivity contribution in [3.63, 3.8) is 0 Å². The molecular formula is C25H31N7O2. The molecule has 0 unspecified atom stereocenters. The molecule has 5 rings (SSSR count). The number of fused-ring (bicyclic) bond motifs is 1. The van der Waals surface area contributed by atoms with E-state index in [9.17, 15) is 4.79 Å². The Morgan fingerprint density at radius 2 is 1.97 bits per heavy atom. The Bertz CT molecular complexity index is 1140. The van der Waals surface area contributed by atoms with E-state index in [4.69, 9.17) is 15.5 Å². The molecule has 2 saturated heterocycles. The van der Waals surface area contributed by atoms with Gasteiger partial charge in [0.05, 0.1) is 24.5 Å². The van der Waals surface area contributed by atoms with E-state index < -0.39 is 5.91 Å². The minimum absolute atomic E-state index is 0.238. The van der Waals surface area contributed by atoms with Crippen LogP contribution >= 0.6 is 0 Å². The molecule has 0 aliphatic carbocycles. The Hall–Kier alpha value is -3.14. The SMILES string of the molecule is NC(=O)c1cc(-c2ccc(CN3CCOCC3)cc2)nc2c(N[C@@H]3CCCCNC3)ncnc12. The van der Waals surface area contributed by atoms with Gasteiger partial charge >= 0.3 is 0 Å². The van der Waals surface area contributed by atoms with Gasteiger partial charge in [0.1, 0.15) is 17.4 Å². The van der Waals surface area contributed by atoms with Gasteiger partial charge in [-0.3, -0.25) is 9.69 Å². The van der Waals surface area contributed by atoms with Crippen LogP contribution in [0.25, 0.3) is 22.3 Å². The Morgan fingerprint density at radius 1 is 1.15 bits per heavy atom. The molecule has 34 heavy (non-hydrogen) atoms. The summed E-state index contributed by atoms with van der Waals surface area (Å²) in [6, 6.07) is 10.3. The molecule has 2 fully saturated rings. The van der Waals surface area contributed by atoms with E-state index in [1.54, 1.807) is 6.07 Å². The number of nitrogens with one attached hydrogen (secondary N) is 2. The molecule has 4 heterocycles. The lowest BCUT2D eigenvalue weighted by molar-refractivity contribution is 0.0342. The predicted molar refractivity (Wildman–Crippen MR) is 132 cm³/mol. The van der Waals surface area contributed by atoms with Crippen LogP contribution in [0, 0.1) is 0 Å². The number of primary amides is 1. The molecule has 9 heteroatoms. The number of rotatable bonds is 6. The summed E-state index contributed by atoms with van der Waals surface area (Å²) in [4.78, 5) is 28.4. The number of nitrogens with zero attached hydrogens (tertiary/aromatic N) is 4. The van der Waals surface area contributed by atoms with Crippen molar-refractivity contribution >= 4 is 22.8 Å². The number of hydrogen-bond donors (Lipinski definition) is 3. The lowest BCUT2D eigenvalue weighted by Crippen LogP contribution is -2.35. The summed E-state index contributed by atoms with van der Waals surface area (Å²) in [6.45, 7) is 6.23. The highest BCUT2D eigenvalue weighted by Gasteiger charge is 2.19. The first kappa shape index (κ1) is 22.6. The van der Waals surface area contributed by atoms with Crippen molar-refractivity contribution < 1.29 is 9.53 Å². The summed E-state index contributed by atoms with van der Waals surface area (Å²) in [5.74, 6) is 0.102. The van der Waals surface area contributed by atoms with Crippen molar-refractivity contribution in [3.8, 4) is 11.3 Å². The highest BCUT2D eigenvalue weighted by molar-refractivity contribution is 6.06. The van der Waals surface area contributed by atoms with Crippen molar-refractivity contribution in [2.24, 2.45) is 5.73 Å². The van der Waals surface area contributed by atoms with Crippen LogP contribution in [-0.2, 0) is 11.3 Å². The van der Waals surface area contributed by atoms with Gasteiger partial charge in [0.25, 0.3) is 5.91 Å². The highest BCUT2D eigenvalue weighted by atomic mass is 16.5. The number of benzene rings is 1. The molecule has 0 spiro atoms. The topological polar surface area (TPSA) is 118 Å². The molecule has 0 saturated carbocycles. The minimum atomic E-state index is -0.529. The van der Waals surface area contributed by atoms with Gasteiger partial charge in [-0.25, -0.2) is 15.0 Å². The van der Waals surface area contributed by atoms with Gasteiger partial charge < -0.3 is 21.1 Å². The Kier molecular flexibility index (Phi) is 6.94. The summed E-state index contributed by atoms with van der Waals surface area (Å²) < 4.78 is 5.44. The molecule has 2 aliphatic heterocycles. The molecule has 1 aromatic carbocycles. The van der Waals surface area contributed by atoms with Crippen LogP contribution in [0.1, 0.15) is 35.2 Å². The Morgan fingerprint density at radius 3 is 2.76 bits per heavy atom. The number of hydrogen-bond acceptors (Lipinski definition) is 8. The fraction of sp³-hybridized carbons (Fsp3) is 0.440. The van der Waals surface area contributed by atoms with Crippen LogP contribution in [0.15, 0.2) is 36.7 Å². The number of pyridine rings is 1. The molecule has 0 radical (unpaired) electrons. The van der Waals surface area contributed by atoms with Crippen LogP contribution in [0.2, 0.25) is 0 Å². The highest BCUT2D eigenvalue weighted by Crippen LogP contribution is 2.28. The van der Waals surface area contributed by atoms with Gasteiger partial charge in [-0.15, -0.1) is 0 Å². The monoisotopic (exact) mass is 461 g/mol. The van der Waals surface area contributed by atoms with Crippen LogP contribution in [-0.4, -0.2) is 71.2 Å². The summed E-state index contributed by atoms with van der Waals surface area (Å²) in [5.41, 5.74) is 9.95. The lowest BCUT2D eigenvalue weighted by Gasteiger charge is -2.26. The van der Waals surface area contributed by atoms with Gasteiger partial charge in [-0.1, -0.05) is 30.7 Å². The zero-order chi connectivity index (χ0) is 23.3. The van der Waals surface area contributed by atoms with Crippen molar-refractivity contribution in [1.29, 1.82) is 0 Å². The molecule has 2 aliphatic rings. The van der Waals surface area contributed by atoms with Crippen LogP contribution in [0.3, 0.4) is 0 Å². The molecular weight excluding hydrogens is 430 g/mol. The summed E-state index contributed by atoms with van der Waals surface area (Å²) in [6.07, 6.45) is 4.82. The summed E-state index contributed by atoms with van der Waals surface area (Å²) in [5, 5.41) is 6.98. The van der Waals surface area contributed by atoms with Crippen LogP contribution < -0.4 is 16.4 Å². The molecule has 1 atom stereocenters. The normalized spacial score (nSPS) is 19.6. The Balaban J connectivity index is 1.46. The quantitative estimate of drug-likeness (QED) is 0.511. The number of anilines is 1. The third kappa shape index (κ3) is 5.16. The first-order chi connectivity index (χ1) is 16.7. The number of amides is 1. The molecule has 3 aromatic rings. The first-order valence-corrected chi connectivity index (χ1v) is 12.0. The van der Waals surface area contributed by atoms with E-state index in [1.165, 1.54) is 18.3 Å². The number of carbonyl (C=O) groups excluding carboxylic acids is 1. The lowest BCUT2D eigenvalue weighted by atomic mass is 10.0. The van der Waals surface area contributed by atoms with Gasteiger partial charge in [0.2, 0.25) is 0 Å². The third-order valence-corrected chi connectivity index (χ3v) is 6.50. The largest absolute Gasteiger partial charge is 0.379 e. The maximum absolute atomic E-state index is 12.3. The maximum Gasteiger partial charge on any atom is 0.251 e. The molecule has 2 aromatic heterocycles. The average molecular weight is 462 g/mol. The summed E-state index contributed by atoms with van der Waals surface area (Å²) >= 11 is 0. The fourth-order valence-corrected chi connectivity index (χ4v) is 4.61.